The van der Waals surface area contributed by atoms with Gasteiger partial charge in [-0.3, -0.25) is 0 Å². The maximum absolute atomic E-state index is 9.56. The van der Waals surface area contributed by atoms with Crippen molar-refractivity contribution in [2.75, 3.05) is 31.2 Å². The van der Waals surface area contributed by atoms with Gasteiger partial charge < -0.3 is 14.7 Å². The zero-order valence-electron chi connectivity index (χ0n) is 11.2. The van der Waals surface area contributed by atoms with Gasteiger partial charge in [0.2, 0.25) is 0 Å². The molecule has 19 heavy (non-hydrogen) atoms. The Bertz CT molecular complexity index is 413. The molecular weight excluding hydrogens is 242 g/mol. The molecule has 0 radical (unpaired) electrons. The van der Waals surface area contributed by atoms with Crippen LogP contribution in [0.4, 0.5) is 5.82 Å². The van der Waals surface area contributed by atoms with Gasteiger partial charge in [-0.25, -0.2) is 9.97 Å². The van der Waals surface area contributed by atoms with Gasteiger partial charge in [-0.05, 0) is 25.7 Å². The number of ether oxygens (including phenoxy) is 1. The molecule has 0 saturated carbocycles. The number of rotatable bonds is 2. The standard InChI is InChI=1S/C14H21N3O2/c18-12-1-5-17(6-2-12)14-9-13(15-10-16-14)11-3-7-19-8-4-11/h9-12,18H,1-8H2. The molecule has 0 atom stereocenters. The lowest BCUT2D eigenvalue weighted by Crippen LogP contribution is -2.36. The zero-order valence-corrected chi connectivity index (χ0v) is 11.2. The second-order valence-electron chi connectivity index (χ2n) is 5.41. The van der Waals surface area contributed by atoms with Crippen LogP contribution >= 0.6 is 0 Å². The minimum absolute atomic E-state index is 0.145. The van der Waals surface area contributed by atoms with Crippen LogP contribution in [0, 0.1) is 0 Å². The monoisotopic (exact) mass is 263 g/mol. The molecule has 2 aliphatic heterocycles. The number of hydrogen-bond acceptors (Lipinski definition) is 5. The molecule has 0 spiro atoms. The van der Waals surface area contributed by atoms with Crippen LogP contribution in [-0.4, -0.2) is 47.5 Å². The van der Waals surface area contributed by atoms with Crippen LogP contribution in [0.1, 0.15) is 37.3 Å². The molecule has 0 bridgehead atoms. The smallest absolute Gasteiger partial charge is 0.132 e. The molecule has 2 saturated heterocycles. The SMILES string of the molecule is OC1CCN(c2cc(C3CCOCC3)ncn2)CC1. The molecule has 5 nitrogen and oxygen atoms in total. The number of aromatic nitrogens is 2. The minimum Gasteiger partial charge on any atom is -0.393 e. The molecule has 5 heteroatoms. The van der Waals surface area contributed by atoms with E-state index < -0.39 is 0 Å². The van der Waals surface area contributed by atoms with Gasteiger partial charge in [-0.2, -0.15) is 0 Å². The molecule has 0 unspecified atom stereocenters. The summed E-state index contributed by atoms with van der Waals surface area (Å²) in [7, 11) is 0. The molecule has 1 aromatic heterocycles. The zero-order chi connectivity index (χ0) is 13.1. The van der Waals surface area contributed by atoms with Gasteiger partial charge in [0.15, 0.2) is 0 Å². The number of aliphatic hydroxyl groups excluding tert-OH is 1. The van der Waals surface area contributed by atoms with E-state index in [1.807, 2.05) is 0 Å². The molecule has 3 rings (SSSR count). The average molecular weight is 263 g/mol. The number of piperidine rings is 1. The third kappa shape index (κ3) is 3.04. The van der Waals surface area contributed by atoms with E-state index in [-0.39, 0.29) is 6.10 Å². The van der Waals surface area contributed by atoms with Crippen molar-refractivity contribution < 1.29 is 9.84 Å². The van der Waals surface area contributed by atoms with Gasteiger partial charge in [0.1, 0.15) is 12.1 Å². The Labute approximate surface area is 113 Å². The molecule has 1 N–H and O–H groups in total. The first kappa shape index (κ1) is 12.8. The van der Waals surface area contributed by atoms with Gasteiger partial charge in [-0.1, -0.05) is 0 Å². The second-order valence-corrected chi connectivity index (χ2v) is 5.41. The van der Waals surface area contributed by atoms with Gasteiger partial charge in [-0.15, -0.1) is 0 Å². The highest BCUT2D eigenvalue weighted by atomic mass is 16.5. The van der Waals surface area contributed by atoms with E-state index in [1.54, 1.807) is 6.33 Å². The summed E-state index contributed by atoms with van der Waals surface area (Å²) in [4.78, 5) is 11.1. The summed E-state index contributed by atoms with van der Waals surface area (Å²) in [6, 6.07) is 2.12. The maximum atomic E-state index is 9.56. The summed E-state index contributed by atoms with van der Waals surface area (Å²) < 4.78 is 5.40. The lowest BCUT2D eigenvalue weighted by molar-refractivity contribution is 0.0845. The lowest BCUT2D eigenvalue weighted by atomic mass is 9.96. The van der Waals surface area contributed by atoms with E-state index in [0.717, 1.165) is 63.5 Å². The molecule has 3 heterocycles. The van der Waals surface area contributed by atoms with Gasteiger partial charge in [0, 0.05) is 44.0 Å². The Hall–Kier alpha value is -1.20. The Morgan fingerprint density at radius 3 is 2.58 bits per heavy atom. The summed E-state index contributed by atoms with van der Waals surface area (Å²) >= 11 is 0. The van der Waals surface area contributed by atoms with Crippen molar-refractivity contribution in [1.29, 1.82) is 0 Å². The highest BCUT2D eigenvalue weighted by molar-refractivity contribution is 5.40. The minimum atomic E-state index is -0.145. The highest BCUT2D eigenvalue weighted by Gasteiger charge is 2.21. The first-order valence-electron chi connectivity index (χ1n) is 7.15. The van der Waals surface area contributed by atoms with Crippen molar-refractivity contribution in [3.63, 3.8) is 0 Å². The average Bonchev–Trinajstić information content (AvgIpc) is 2.49. The van der Waals surface area contributed by atoms with E-state index in [2.05, 4.69) is 20.9 Å². The van der Waals surface area contributed by atoms with Crippen molar-refractivity contribution >= 4 is 5.82 Å². The van der Waals surface area contributed by atoms with Crippen molar-refractivity contribution in [2.45, 2.75) is 37.7 Å². The summed E-state index contributed by atoms with van der Waals surface area (Å²) in [6.45, 7) is 3.43. The quantitative estimate of drug-likeness (QED) is 0.872. The fourth-order valence-corrected chi connectivity index (χ4v) is 2.85. The van der Waals surface area contributed by atoms with Crippen molar-refractivity contribution in [3.05, 3.63) is 18.1 Å². The van der Waals surface area contributed by atoms with Crippen molar-refractivity contribution in [1.82, 2.24) is 9.97 Å². The van der Waals surface area contributed by atoms with Gasteiger partial charge >= 0.3 is 0 Å². The van der Waals surface area contributed by atoms with E-state index in [1.165, 1.54) is 0 Å². The lowest BCUT2D eigenvalue weighted by Gasteiger charge is -2.31. The van der Waals surface area contributed by atoms with Crippen LogP contribution in [0.2, 0.25) is 0 Å². The normalized spacial score (nSPS) is 22.7. The molecule has 2 fully saturated rings. The van der Waals surface area contributed by atoms with E-state index in [9.17, 15) is 5.11 Å². The largest absolute Gasteiger partial charge is 0.393 e. The van der Waals surface area contributed by atoms with Crippen molar-refractivity contribution in [3.8, 4) is 0 Å². The summed E-state index contributed by atoms with van der Waals surface area (Å²) in [5.74, 6) is 1.51. The van der Waals surface area contributed by atoms with Crippen LogP contribution in [0.15, 0.2) is 12.4 Å². The third-order valence-electron chi connectivity index (χ3n) is 4.10. The fraction of sp³-hybridized carbons (Fsp3) is 0.714. The molecule has 1 aromatic rings. The van der Waals surface area contributed by atoms with Crippen LogP contribution in [-0.2, 0) is 4.74 Å². The number of hydrogen-bond donors (Lipinski definition) is 1. The molecule has 0 amide bonds. The van der Waals surface area contributed by atoms with E-state index >= 15 is 0 Å². The van der Waals surface area contributed by atoms with Crippen LogP contribution < -0.4 is 4.90 Å². The third-order valence-corrected chi connectivity index (χ3v) is 4.10. The molecular formula is C14H21N3O2. The van der Waals surface area contributed by atoms with Crippen LogP contribution in [0.25, 0.3) is 0 Å². The Morgan fingerprint density at radius 2 is 1.84 bits per heavy atom. The Balaban J connectivity index is 1.72. The second kappa shape index (κ2) is 5.84. The molecule has 0 aromatic carbocycles. The number of anilines is 1. The first-order valence-corrected chi connectivity index (χ1v) is 7.15. The summed E-state index contributed by atoms with van der Waals surface area (Å²) in [5.41, 5.74) is 1.14. The number of nitrogens with zero attached hydrogens (tertiary/aromatic N) is 3. The maximum Gasteiger partial charge on any atom is 0.132 e. The van der Waals surface area contributed by atoms with Crippen LogP contribution in [0.5, 0.6) is 0 Å². The topological polar surface area (TPSA) is 58.5 Å². The van der Waals surface area contributed by atoms with Crippen LogP contribution in [0.3, 0.4) is 0 Å². The predicted molar refractivity (Wildman–Crippen MR) is 72.3 cm³/mol. The van der Waals surface area contributed by atoms with Gasteiger partial charge in [0.25, 0.3) is 0 Å². The van der Waals surface area contributed by atoms with Crippen molar-refractivity contribution in [2.24, 2.45) is 0 Å². The summed E-state index contributed by atoms with van der Waals surface area (Å²) in [5, 5.41) is 9.56. The molecule has 0 aliphatic carbocycles. The fourth-order valence-electron chi connectivity index (χ4n) is 2.85. The Kier molecular flexibility index (Phi) is 3.94. The predicted octanol–water partition coefficient (Wildman–Crippen LogP) is 1.33. The first-order chi connectivity index (χ1) is 9.33. The Morgan fingerprint density at radius 1 is 1.11 bits per heavy atom. The van der Waals surface area contributed by atoms with Gasteiger partial charge in [0.05, 0.1) is 6.10 Å². The molecule has 2 aliphatic rings. The summed E-state index contributed by atoms with van der Waals surface area (Å²) in [6.07, 6.45) is 5.29. The van der Waals surface area contributed by atoms with E-state index in [0.29, 0.717) is 5.92 Å². The highest BCUT2D eigenvalue weighted by Crippen LogP contribution is 2.27. The number of aliphatic hydroxyl groups is 1. The molecule has 104 valence electrons. The van der Waals surface area contributed by atoms with E-state index in [4.69, 9.17) is 4.74 Å².